The number of carbonyl (C=O) groups is 3. The van der Waals surface area contributed by atoms with Crippen molar-refractivity contribution in [2.45, 2.75) is 0 Å². The third-order valence-corrected chi connectivity index (χ3v) is 3.36. The Balaban J connectivity index is 2.77. The topological polar surface area (TPSA) is 90.0 Å². The van der Waals surface area contributed by atoms with Gasteiger partial charge in [0.2, 0.25) is 5.91 Å². The molecule has 0 radical (unpaired) electrons. The van der Waals surface area contributed by atoms with Crippen LogP contribution in [0.3, 0.4) is 0 Å². The largest absolute Gasteiger partial charge is 0.478 e. The molecule has 0 aliphatic rings. The van der Waals surface area contributed by atoms with Gasteiger partial charge < -0.3 is 20.2 Å². The third-order valence-electron chi connectivity index (χ3n) is 2.67. The van der Waals surface area contributed by atoms with Crippen LogP contribution in [-0.4, -0.2) is 60.5 Å². The van der Waals surface area contributed by atoms with Crippen molar-refractivity contribution in [2.24, 2.45) is 0 Å². The summed E-state index contributed by atoms with van der Waals surface area (Å²) in [4.78, 5) is 37.0. The van der Waals surface area contributed by atoms with Crippen molar-refractivity contribution in [3.8, 4) is 0 Å². The number of carboxylic acids is 1. The summed E-state index contributed by atoms with van der Waals surface area (Å²) in [6.07, 6.45) is 0. The highest BCUT2D eigenvalue weighted by Crippen LogP contribution is 2.21. The molecule has 0 aliphatic carbocycles. The summed E-state index contributed by atoms with van der Waals surface area (Å²) >= 11 is 3.12. The first-order chi connectivity index (χ1) is 9.72. The minimum atomic E-state index is -1.10. The first-order valence-electron chi connectivity index (χ1n) is 5.97. The Kier molecular flexibility index (Phi) is 5.71. The summed E-state index contributed by atoms with van der Waals surface area (Å²) in [5, 5.41) is 11.6. The monoisotopic (exact) mass is 357 g/mol. The number of carboxylic acid groups (broad SMARTS) is 1. The number of nitrogens with one attached hydrogen (secondary N) is 1. The highest BCUT2D eigenvalue weighted by atomic mass is 79.9. The lowest BCUT2D eigenvalue weighted by Gasteiger charge is -2.19. The predicted molar refractivity (Wildman–Crippen MR) is 81.4 cm³/mol. The van der Waals surface area contributed by atoms with Crippen LogP contribution in [0.15, 0.2) is 22.7 Å². The fraction of sp³-hybridized carbons (Fsp3) is 0.308. The van der Waals surface area contributed by atoms with Crippen LogP contribution in [0.4, 0.5) is 10.5 Å². The Morgan fingerprint density at radius 2 is 1.86 bits per heavy atom. The van der Waals surface area contributed by atoms with Crippen molar-refractivity contribution in [3.05, 3.63) is 28.2 Å². The van der Waals surface area contributed by atoms with Gasteiger partial charge in [-0.05, 0) is 34.1 Å². The van der Waals surface area contributed by atoms with Crippen LogP contribution in [0.2, 0.25) is 0 Å². The molecule has 0 unspecified atom stereocenters. The van der Waals surface area contributed by atoms with Crippen molar-refractivity contribution in [2.75, 3.05) is 33.0 Å². The van der Waals surface area contributed by atoms with Gasteiger partial charge in [0.1, 0.15) is 6.54 Å². The summed E-state index contributed by atoms with van der Waals surface area (Å²) in [6, 6.07) is 3.94. The number of anilines is 1. The predicted octanol–water partition coefficient (Wildman–Crippen LogP) is 1.70. The maximum absolute atomic E-state index is 11.9. The molecule has 3 amide bonds. The van der Waals surface area contributed by atoms with Gasteiger partial charge in [-0.1, -0.05) is 0 Å². The molecule has 0 aliphatic heterocycles. The third kappa shape index (κ3) is 4.75. The number of hydrogen-bond acceptors (Lipinski definition) is 3. The van der Waals surface area contributed by atoms with Crippen LogP contribution in [0.5, 0.6) is 0 Å². The molecule has 0 aromatic heterocycles. The van der Waals surface area contributed by atoms with Crippen LogP contribution in [0.1, 0.15) is 10.4 Å². The molecule has 1 aromatic carbocycles. The van der Waals surface area contributed by atoms with Gasteiger partial charge in [0.15, 0.2) is 0 Å². The quantitative estimate of drug-likeness (QED) is 0.857. The van der Waals surface area contributed by atoms with Crippen LogP contribution >= 0.6 is 15.9 Å². The second-order valence-corrected chi connectivity index (χ2v) is 5.43. The Morgan fingerprint density at radius 1 is 1.24 bits per heavy atom. The summed E-state index contributed by atoms with van der Waals surface area (Å²) in [5.74, 6) is -1.32. The number of benzene rings is 1. The molecule has 1 rings (SSSR count). The van der Waals surface area contributed by atoms with Gasteiger partial charge in [0.25, 0.3) is 0 Å². The van der Waals surface area contributed by atoms with E-state index < -0.39 is 12.0 Å². The van der Waals surface area contributed by atoms with Crippen LogP contribution in [-0.2, 0) is 4.79 Å². The van der Waals surface area contributed by atoms with Crippen molar-refractivity contribution in [1.29, 1.82) is 0 Å². The smallest absolute Gasteiger partial charge is 0.336 e. The first kappa shape index (κ1) is 17.0. The van der Waals surface area contributed by atoms with E-state index in [4.69, 9.17) is 5.11 Å². The van der Waals surface area contributed by atoms with Gasteiger partial charge >= 0.3 is 12.0 Å². The van der Waals surface area contributed by atoms with Gasteiger partial charge in [-0.3, -0.25) is 4.79 Å². The second kappa shape index (κ2) is 7.07. The van der Waals surface area contributed by atoms with Gasteiger partial charge in [-0.25, -0.2) is 9.59 Å². The zero-order valence-electron chi connectivity index (χ0n) is 11.9. The molecule has 0 bridgehead atoms. The van der Waals surface area contributed by atoms with E-state index in [1.165, 1.54) is 29.0 Å². The van der Waals surface area contributed by atoms with Crippen LogP contribution in [0.25, 0.3) is 0 Å². The Hall–Kier alpha value is -2.09. The van der Waals surface area contributed by atoms with E-state index in [0.717, 1.165) is 0 Å². The number of halogens is 1. The van der Waals surface area contributed by atoms with Crippen LogP contribution < -0.4 is 5.32 Å². The second-order valence-electron chi connectivity index (χ2n) is 4.57. The number of rotatable bonds is 4. The number of nitrogens with zero attached hydrogens (tertiary/aromatic N) is 2. The van der Waals surface area contributed by atoms with E-state index in [1.54, 1.807) is 20.2 Å². The van der Waals surface area contributed by atoms with Crippen molar-refractivity contribution in [3.63, 3.8) is 0 Å². The van der Waals surface area contributed by atoms with Gasteiger partial charge in [0.05, 0.1) is 5.56 Å². The van der Waals surface area contributed by atoms with Crippen molar-refractivity contribution in [1.82, 2.24) is 9.80 Å². The molecular formula is C13H16BrN3O4. The number of hydrogen-bond donors (Lipinski definition) is 2. The fourth-order valence-corrected chi connectivity index (χ4v) is 1.82. The summed E-state index contributed by atoms with van der Waals surface area (Å²) in [7, 11) is 4.68. The lowest BCUT2D eigenvalue weighted by atomic mass is 10.2. The molecule has 0 heterocycles. The molecular weight excluding hydrogens is 342 g/mol. The summed E-state index contributed by atoms with van der Waals surface area (Å²) < 4.78 is 0.420. The fourth-order valence-electron chi connectivity index (χ4n) is 1.40. The number of carbonyl (C=O) groups excluding carboxylic acids is 2. The maximum Gasteiger partial charge on any atom is 0.336 e. The van der Waals surface area contributed by atoms with Crippen LogP contribution in [0, 0.1) is 0 Å². The molecule has 0 saturated carbocycles. The van der Waals surface area contributed by atoms with E-state index in [2.05, 4.69) is 21.2 Å². The van der Waals surface area contributed by atoms with E-state index in [-0.39, 0.29) is 18.0 Å². The molecule has 0 spiro atoms. The Bertz CT molecular complexity index is 575. The number of aromatic carboxylic acids is 1. The molecule has 0 atom stereocenters. The average molecular weight is 358 g/mol. The zero-order valence-corrected chi connectivity index (χ0v) is 13.5. The number of urea groups is 1. The molecule has 0 saturated heterocycles. The molecule has 21 heavy (non-hydrogen) atoms. The lowest BCUT2D eigenvalue weighted by molar-refractivity contribution is -0.129. The molecule has 114 valence electrons. The van der Waals surface area contributed by atoms with Gasteiger partial charge in [0, 0.05) is 31.3 Å². The SMILES string of the molecule is CN(C)C(=O)CN(C)C(=O)Nc1ccc(Br)c(C(=O)O)c1. The summed E-state index contributed by atoms with van der Waals surface area (Å²) in [5.41, 5.74) is 0.379. The minimum Gasteiger partial charge on any atom is -0.478 e. The molecule has 7 nitrogen and oxygen atoms in total. The van der Waals surface area contributed by atoms with E-state index in [9.17, 15) is 14.4 Å². The van der Waals surface area contributed by atoms with E-state index in [0.29, 0.717) is 10.2 Å². The highest BCUT2D eigenvalue weighted by Gasteiger charge is 2.15. The summed E-state index contributed by atoms with van der Waals surface area (Å²) in [6.45, 7) is -0.0683. The molecule has 2 N–H and O–H groups in total. The zero-order chi connectivity index (χ0) is 16.2. The highest BCUT2D eigenvalue weighted by molar-refractivity contribution is 9.10. The van der Waals surface area contributed by atoms with E-state index in [1.807, 2.05) is 0 Å². The normalized spacial score (nSPS) is 9.90. The standard InChI is InChI=1S/C13H16BrN3O4/c1-16(2)11(18)7-17(3)13(21)15-8-4-5-10(14)9(6-8)12(19)20/h4-6H,7H2,1-3H3,(H,15,21)(H,19,20). The molecule has 1 aromatic rings. The average Bonchev–Trinajstić information content (AvgIpc) is 2.40. The van der Waals surface area contributed by atoms with Gasteiger partial charge in [-0.2, -0.15) is 0 Å². The van der Waals surface area contributed by atoms with Crippen molar-refractivity contribution >= 4 is 39.5 Å². The number of likely N-dealkylation sites (N-methyl/N-ethyl adjacent to an activating group) is 2. The minimum absolute atomic E-state index is 0.0415. The molecule has 0 fully saturated rings. The van der Waals surface area contributed by atoms with Gasteiger partial charge in [-0.15, -0.1) is 0 Å². The Morgan fingerprint density at radius 3 is 2.38 bits per heavy atom. The number of amides is 3. The Labute approximate surface area is 130 Å². The lowest BCUT2D eigenvalue weighted by Crippen LogP contribution is -2.39. The van der Waals surface area contributed by atoms with Crippen molar-refractivity contribution < 1.29 is 19.5 Å². The maximum atomic E-state index is 11.9. The first-order valence-corrected chi connectivity index (χ1v) is 6.76. The van der Waals surface area contributed by atoms with E-state index >= 15 is 0 Å². The molecule has 8 heteroatoms.